The van der Waals surface area contributed by atoms with E-state index in [4.69, 9.17) is 17.3 Å². The number of carbonyl (C=O) groups is 1. The van der Waals surface area contributed by atoms with Crippen molar-refractivity contribution in [2.45, 2.75) is 6.92 Å². The molecule has 0 aliphatic carbocycles. The van der Waals surface area contributed by atoms with E-state index in [-0.39, 0.29) is 5.91 Å². The molecule has 0 radical (unpaired) electrons. The number of hydrogen-bond donors (Lipinski definition) is 2. The average molecular weight is 339 g/mol. The summed E-state index contributed by atoms with van der Waals surface area (Å²) in [5, 5.41) is 3.40. The molecule has 0 atom stereocenters. The number of nitrogens with two attached hydrogens (primary N) is 1. The van der Waals surface area contributed by atoms with Gasteiger partial charge in [-0.25, -0.2) is 0 Å². The van der Waals surface area contributed by atoms with Crippen LogP contribution in [0.25, 0.3) is 0 Å². The molecule has 3 aromatic rings. The van der Waals surface area contributed by atoms with Gasteiger partial charge in [0.1, 0.15) is 0 Å². The lowest BCUT2D eigenvalue weighted by Crippen LogP contribution is -2.11. The molecule has 1 amide bonds. The van der Waals surface area contributed by atoms with Crippen LogP contribution in [-0.2, 0) is 0 Å². The number of carbonyl (C=O) groups excluding carboxylic acids is 1. The van der Waals surface area contributed by atoms with Gasteiger partial charge in [0, 0.05) is 22.0 Å². The normalized spacial score (nSPS) is 9.58. The molecule has 0 fully saturated rings. The van der Waals surface area contributed by atoms with E-state index in [2.05, 4.69) is 24.4 Å². The van der Waals surface area contributed by atoms with Gasteiger partial charge in [-0.2, -0.15) is 0 Å². The van der Waals surface area contributed by atoms with Gasteiger partial charge in [0.05, 0.1) is 0 Å². The molecule has 0 aliphatic heterocycles. The Morgan fingerprint density at radius 3 is 1.96 bits per heavy atom. The van der Waals surface area contributed by atoms with Gasteiger partial charge in [-0.05, 0) is 55.5 Å². The van der Waals surface area contributed by atoms with Crippen molar-refractivity contribution in [2.24, 2.45) is 0 Å². The summed E-state index contributed by atoms with van der Waals surface area (Å²) >= 11 is 5.76. The predicted molar refractivity (Wildman–Crippen MR) is 101 cm³/mol. The third kappa shape index (κ3) is 5.78. The van der Waals surface area contributed by atoms with Gasteiger partial charge in [0.2, 0.25) is 0 Å². The number of anilines is 2. The van der Waals surface area contributed by atoms with Gasteiger partial charge >= 0.3 is 0 Å². The fourth-order valence-electron chi connectivity index (χ4n) is 1.91. The van der Waals surface area contributed by atoms with E-state index >= 15 is 0 Å². The van der Waals surface area contributed by atoms with Crippen molar-refractivity contribution >= 4 is 28.9 Å². The first-order valence-corrected chi connectivity index (χ1v) is 7.86. The number of rotatable bonds is 2. The van der Waals surface area contributed by atoms with Gasteiger partial charge in [0.15, 0.2) is 0 Å². The van der Waals surface area contributed by atoms with Gasteiger partial charge in [0.25, 0.3) is 5.91 Å². The van der Waals surface area contributed by atoms with Gasteiger partial charge in [-0.3, -0.25) is 4.79 Å². The highest BCUT2D eigenvalue weighted by Gasteiger charge is 2.05. The van der Waals surface area contributed by atoms with E-state index in [1.165, 1.54) is 5.56 Å². The molecule has 0 unspecified atom stereocenters. The van der Waals surface area contributed by atoms with Gasteiger partial charge in [-0.1, -0.05) is 47.5 Å². The third-order valence-electron chi connectivity index (χ3n) is 3.22. The van der Waals surface area contributed by atoms with Crippen molar-refractivity contribution in [1.29, 1.82) is 0 Å². The molecule has 3 nitrogen and oxygen atoms in total. The molecule has 3 aromatic carbocycles. The van der Waals surface area contributed by atoms with Crippen LogP contribution in [0, 0.1) is 6.92 Å². The summed E-state index contributed by atoms with van der Waals surface area (Å²) in [6, 6.07) is 23.9. The SMILES string of the molecule is Cc1ccccc1.Nc1ccc(C(=O)Nc2ccc(Cl)cc2)cc1. The minimum atomic E-state index is -0.174. The highest BCUT2D eigenvalue weighted by atomic mass is 35.5. The van der Waals surface area contributed by atoms with E-state index in [0.29, 0.717) is 22.0 Å². The highest BCUT2D eigenvalue weighted by molar-refractivity contribution is 6.30. The maximum Gasteiger partial charge on any atom is 0.255 e. The van der Waals surface area contributed by atoms with Crippen molar-refractivity contribution < 1.29 is 4.79 Å². The topological polar surface area (TPSA) is 55.1 Å². The molecular formula is C20H19ClN2O. The zero-order valence-corrected chi connectivity index (χ0v) is 14.1. The maximum absolute atomic E-state index is 11.8. The van der Waals surface area contributed by atoms with Crippen LogP contribution in [0.5, 0.6) is 0 Å². The van der Waals surface area contributed by atoms with Crippen LogP contribution in [0.2, 0.25) is 5.02 Å². The summed E-state index contributed by atoms with van der Waals surface area (Å²) in [6.07, 6.45) is 0. The number of benzene rings is 3. The van der Waals surface area contributed by atoms with Gasteiger partial charge in [-0.15, -0.1) is 0 Å². The fourth-order valence-corrected chi connectivity index (χ4v) is 2.03. The number of amides is 1. The summed E-state index contributed by atoms with van der Waals surface area (Å²) in [5.41, 5.74) is 8.77. The number of aryl methyl sites for hydroxylation is 1. The Labute approximate surface area is 147 Å². The molecule has 0 spiro atoms. The Hall–Kier alpha value is -2.78. The van der Waals surface area contributed by atoms with Crippen LogP contribution < -0.4 is 11.1 Å². The molecule has 0 saturated carbocycles. The van der Waals surface area contributed by atoms with Crippen molar-refractivity contribution in [3.8, 4) is 0 Å². The van der Waals surface area contributed by atoms with E-state index in [9.17, 15) is 4.79 Å². The number of nitrogen functional groups attached to an aromatic ring is 1. The van der Waals surface area contributed by atoms with Crippen molar-refractivity contribution in [2.75, 3.05) is 11.1 Å². The molecular weight excluding hydrogens is 320 g/mol. The Morgan fingerprint density at radius 2 is 1.46 bits per heavy atom. The van der Waals surface area contributed by atoms with Crippen molar-refractivity contribution in [1.82, 2.24) is 0 Å². The first kappa shape index (κ1) is 17.6. The summed E-state index contributed by atoms with van der Waals surface area (Å²) in [7, 11) is 0. The Bertz CT molecular complexity index is 769. The zero-order chi connectivity index (χ0) is 17.4. The van der Waals surface area contributed by atoms with Crippen molar-refractivity contribution in [3.63, 3.8) is 0 Å². The summed E-state index contributed by atoms with van der Waals surface area (Å²) in [5.74, 6) is -0.174. The molecule has 0 heterocycles. The van der Waals surface area contributed by atoms with Gasteiger partial charge < -0.3 is 11.1 Å². The van der Waals surface area contributed by atoms with Crippen LogP contribution in [0.4, 0.5) is 11.4 Å². The van der Waals surface area contributed by atoms with Crippen LogP contribution in [0.3, 0.4) is 0 Å². The summed E-state index contributed by atoms with van der Waals surface area (Å²) in [4.78, 5) is 11.8. The molecule has 4 heteroatoms. The molecule has 3 N–H and O–H groups in total. The Morgan fingerprint density at radius 1 is 0.875 bits per heavy atom. The highest BCUT2D eigenvalue weighted by Crippen LogP contribution is 2.15. The van der Waals surface area contributed by atoms with E-state index in [1.54, 1.807) is 48.5 Å². The van der Waals surface area contributed by atoms with Crippen LogP contribution in [0.1, 0.15) is 15.9 Å². The van der Waals surface area contributed by atoms with Crippen LogP contribution in [-0.4, -0.2) is 5.91 Å². The monoisotopic (exact) mass is 338 g/mol. The molecule has 0 bridgehead atoms. The van der Waals surface area contributed by atoms with E-state index < -0.39 is 0 Å². The zero-order valence-electron chi connectivity index (χ0n) is 13.4. The molecule has 3 rings (SSSR count). The fraction of sp³-hybridized carbons (Fsp3) is 0.0500. The Kier molecular flexibility index (Phi) is 6.41. The first-order chi connectivity index (χ1) is 11.5. The van der Waals surface area contributed by atoms with Crippen molar-refractivity contribution in [3.05, 3.63) is 95.0 Å². The quantitative estimate of drug-likeness (QED) is 0.633. The smallest absolute Gasteiger partial charge is 0.255 e. The largest absolute Gasteiger partial charge is 0.399 e. The lowest BCUT2D eigenvalue weighted by molar-refractivity contribution is 0.102. The standard InChI is InChI=1S/C13H11ClN2O.C7H8/c14-10-3-7-12(8-4-10)16-13(17)9-1-5-11(15)6-2-9;1-7-5-3-2-4-6-7/h1-8H,15H2,(H,16,17);2-6H,1H3. The van der Waals surface area contributed by atoms with E-state index in [1.807, 2.05) is 18.2 Å². The van der Waals surface area contributed by atoms with E-state index in [0.717, 1.165) is 0 Å². The molecule has 0 saturated heterocycles. The number of nitrogens with one attached hydrogen (secondary N) is 1. The summed E-state index contributed by atoms with van der Waals surface area (Å²) < 4.78 is 0. The second-order valence-electron chi connectivity index (χ2n) is 5.24. The Balaban J connectivity index is 0.000000249. The van der Waals surface area contributed by atoms with Crippen LogP contribution >= 0.6 is 11.6 Å². The number of hydrogen-bond acceptors (Lipinski definition) is 2. The average Bonchev–Trinajstić information content (AvgIpc) is 2.59. The molecule has 0 aliphatic rings. The third-order valence-corrected chi connectivity index (χ3v) is 3.47. The van der Waals surface area contributed by atoms with Crippen LogP contribution in [0.15, 0.2) is 78.9 Å². The lowest BCUT2D eigenvalue weighted by Gasteiger charge is -2.05. The molecule has 24 heavy (non-hydrogen) atoms. The predicted octanol–water partition coefficient (Wildman–Crippen LogP) is 5.17. The lowest BCUT2D eigenvalue weighted by atomic mass is 10.2. The molecule has 0 aromatic heterocycles. The molecule has 122 valence electrons. The first-order valence-electron chi connectivity index (χ1n) is 7.49. The summed E-state index contributed by atoms with van der Waals surface area (Å²) in [6.45, 7) is 2.08. The second-order valence-corrected chi connectivity index (χ2v) is 5.67. The number of halogens is 1. The minimum Gasteiger partial charge on any atom is -0.399 e. The maximum atomic E-state index is 11.8. The second kappa shape index (κ2) is 8.75. The minimum absolute atomic E-state index is 0.174.